The molecule has 1 aromatic carbocycles. The van der Waals surface area contributed by atoms with E-state index in [9.17, 15) is 14.0 Å². The molecule has 0 bridgehead atoms. The zero-order chi connectivity index (χ0) is 11.4. The maximum absolute atomic E-state index is 13.2. The number of ether oxygens (including phenoxy) is 1. The van der Waals surface area contributed by atoms with Gasteiger partial charge < -0.3 is 9.84 Å². The van der Waals surface area contributed by atoms with Gasteiger partial charge in [0.15, 0.2) is 17.7 Å². The second-order valence-electron chi connectivity index (χ2n) is 2.91. The minimum absolute atomic E-state index is 0.169. The van der Waals surface area contributed by atoms with Gasteiger partial charge in [0.05, 0.1) is 0 Å². The average Bonchev–Trinajstić information content (AvgIpc) is 2.20. The molecule has 0 saturated carbocycles. The van der Waals surface area contributed by atoms with Crippen LogP contribution in [0.4, 0.5) is 4.39 Å². The number of hydrogen-bond acceptors (Lipinski definition) is 3. The molecule has 0 aliphatic rings. The zero-order valence-electron chi connectivity index (χ0n) is 7.94. The predicted octanol–water partition coefficient (Wildman–Crippen LogP) is 1.49. The molecule has 4 nitrogen and oxygen atoms in total. The molecular weight excluding hydrogens is 203 g/mol. The van der Waals surface area contributed by atoms with Crippen molar-refractivity contribution in [3.05, 3.63) is 29.6 Å². The molecule has 0 heterocycles. The van der Waals surface area contributed by atoms with Crippen LogP contribution in [0.15, 0.2) is 18.2 Å². The van der Waals surface area contributed by atoms with Crippen LogP contribution in [0, 0.1) is 5.82 Å². The first-order chi connectivity index (χ1) is 7.04. The lowest BCUT2D eigenvalue weighted by Gasteiger charge is -2.10. The first kappa shape index (κ1) is 11.2. The molecule has 0 amide bonds. The average molecular weight is 212 g/mol. The zero-order valence-corrected chi connectivity index (χ0v) is 7.94. The fourth-order valence-electron chi connectivity index (χ4n) is 0.927. The number of carboxylic acid groups (broad SMARTS) is 1. The number of aldehydes is 1. The largest absolute Gasteiger partial charge is 0.479 e. The molecule has 0 saturated heterocycles. The van der Waals surface area contributed by atoms with Crippen molar-refractivity contribution < 1.29 is 23.8 Å². The van der Waals surface area contributed by atoms with Gasteiger partial charge in [-0.15, -0.1) is 0 Å². The van der Waals surface area contributed by atoms with Crippen molar-refractivity contribution in [1.82, 2.24) is 0 Å². The van der Waals surface area contributed by atoms with E-state index in [4.69, 9.17) is 9.84 Å². The number of benzene rings is 1. The van der Waals surface area contributed by atoms with Crippen LogP contribution < -0.4 is 4.74 Å². The number of hydrogen-bond donors (Lipinski definition) is 1. The van der Waals surface area contributed by atoms with E-state index >= 15 is 0 Å². The lowest BCUT2D eigenvalue weighted by atomic mass is 10.2. The van der Waals surface area contributed by atoms with E-state index in [2.05, 4.69) is 0 Å². The lowest BCUT2D eigenvalue weighted by molar-refractivity contribution is -0.144. The Balaban J connectivity index is 2.87. The molecule has 1 N–H and O–H groups in total. The standard InChI is InChI=1S/C10H9FO4/c1-6(10(13)14)15-9-3-2-7(5-12)4-8(9)11/h2-6H,1H3,(H,13,14)/t6-/m1/s1. The van der Waals surface area contributed by atoms with Crippen molar-refractivity contribution in [2.75, 3.05) is 0 Å². The van der Waals surface area contributed by atoms with Gasteiger partial charge in [0.1, 0.15) is 6.29 Å². The van der Waals surface area contributed by atoms with Crippen LogP contribution in [0.3, 0.4) is 0 Å². The normalized spacial score (nSPS) is 11.9. The number of rotatable bonds is 4. The number of carbonyl (C=O) groups is 2. The highest BCUT2D eigenvalue weighted by Crippen LogP contribution is 2.18. The van der Waals surface area contributed by atoms with Crippen LogP contribution in [0.1, 0.15) is 17.3 Å². The van der Waals surface area contributed by atoms with Gasteiger partial charge in [0, 0.05) is 5.56 Å². The molecule has 0 aliphatic carbocycles. The van der Waals surface area contributed by atoms with Gasteiger partial charge >= 0.3 is 5.97 Å². The second kappa shape index (κ2) is 4.54. The van der Waals surface area contributed by atoms with Crippen LogP contribution >= 0.6 is 0 Å². The smallest absolute Gasteiger partial charge is 0.344 e. The van der Waals surface area contributed by atoms with Crippen molar-refractivity contribution in [2.24, 2.45) is 0 Å². The van der Waals surface area contributed by atoms with Gasteiger partial charge in [-0.1, -0.05) is 0 Å². The highest BCUT2D eigenvalue weighted by atomic mass is 19.1. The first-order valence-electron chi connectivity index (χ1n) is 4.18. The third kappa shape index (κ3) is 2.77. The third-order valence-corrected chi connectivity index (χ3v) is 1.74. The Bertz CT molecular complexity index is 389. The molecule has 5 heteroatoms. The van der Waals surface area contributed by atoms with E-state index < -0.39 is 17.9 Å². The van der Waals surface area contributed by atoms with Crippen molar-refractivity contribution in [3.8, 4) is 5.75 Å². The fourth-order valence-corrected chi connectivity index (χ4v) is 0.927. The first-order valence-corrected chi connectivity index (χ1v) is 4.18. The summed E-state index contributed by atoms with van der Waals surface area (Å²) in [5.41, 5.74) is 0.169. The summed E-state index contributed by atoms with van der Waals surface area (Å²) in [4.78, 5) is 20.7. The number of halogens is 1. The van der Waals surface area contributed by atoms with Gasteiger partial charge in [0.25, 0.3) is 0 Å². The monoisotopic (exact) mass is 212 g/mol. The van der Waals surface area contributed by atoms with E-state index in [1.54, 1.807) is 0 Å². The Kier molecular flexibility index (Phi) is 3.38. The molecular formula is C10H9FO4. The topological polar surface area (TPSA) is 63.6 Å². The Labute approximate surface area is 85.3 Å². The summed E-state index contributed by atoms with van der Waals surface area (Å²) in [5, 5.41) is 8.53. The summed E-state index contributed by atoms with van der Waals surface area (Å²) < 4.78 is 18.0. The van der Waals surface area contributed by atoms with E-state index in [0.29, 0.717) is 6.29 Å². The number of carboxylic acids is 1. The Morgan fingerprint density at radius 1 is 1.60 bits per heavy atom. The molecule has 15 heavy (non-hydrogen) atoms. The molecule has 0 unspecified atom stereocenters. The molecule has 1 atom stereocenters. The van der Waals surface area contributed by atoms with Gasteiger partial charge in [-0.2, -0.15) is 0 Å². The van der Waals surface area contributed by atoms with E-state index in [-0.39, 0.29) is 11.3 Å². The Hall–Kier alpha value is -1.91. The van der Waals surface area contributed by atoms with E-state index in [1.165, 1.54) is 19.1 Å². The van der Waals surface area contributed by atoms with Crippen LogP contribution in [-0.2, 0) is 4.79 Å². The lowest BCUT2D eigenvalue weighted by Crippen LogP contribution is -2.23. The summed E-state index contributed by atoms with van der Waals surface area (Å²) in [6, 6.07) is 3.55. The van der Waals surface area contributed by atoms with Gasteiger partial charge in [0.2, 0.25) is 0 Å². The Morgan fingerprint density at radius 2 is 2.27 bits per heavy atom. The van der Waals surface area contributed by atoms with Crippen LogP contribution in [0.25, 0.3) is 0 Å². The maximum Gasteiger partial charge on any atom is 0.344 e. The summed E-state index contributed by atoms with van der Waals surface area (Å²) >= 11 is 0. The molecule has 0 fully saturated rings. The van der Waals surface area contributed by atoms with E-state index in [1.807, 2.05) is 0 Å². The summed E-state index contributed by atoms with van der Waals surface area (Å²) in [5.74, 6) is -2.13. The fraction of sp³-hybridized carbons (Fsp3) is 0.200. The van der Waals surface area contributed by atoms with Gasteiger partial charge in [-0.3, -0.25) is 4.79 Å². The molecule has 0 radical (unpaired) electrons. The van der Waals surface area contributed by atoms with E-state index in [0.717, 1.165) is 6.07 Å². The summed E-state index contributed by atoms with van der Waals surface area (Å²) in [7, 11) is 0. The van der Waals surface area contributed by atoms with Crippen molar-refractivity contribution in [2.45, 2.75) is 13.0 Å². The van der Waals surface area contributed by atoms with Crippen LogP contribution in [0.2, 0.25) is 0 Å². The van der Waals surface area contributed by atoms with Crippen molar-refractivity contribution >= 4 is 12.3 Å². The van der Waals surface area contributed by atoms with Crippen molar-refractivity contribution in [3.63, 3.8) is 0 Å². The van der Waals surface area contributed by atoms with Crippen LogP contribution in [-0.4, -0.2) is 23.5 Å². The molecule has 0 aliphatic heterocycles. The molecule has 0 spiro atoms. The minimum atomic E-state index is -1.19. The van der Waals surface area contributed by atoms with Crippen molar-refractivity contribution in [1.29, 1.82) is 0 Å². The minimum Gasteiger partial charge on any atom is -0.479 e. The van der Waals surface area contributed by atoms with Gasteiger partial charge in [-0.25, -0.2) is 9.18 Å². The predicted molar refractivity (Wildman–Crippen MR) is 49.5 cm³/mol. The molecule has 80 valence electrons. The number of carbonyl (C=O) groups excluding carboxylic acids is 1. The highest BCUT2D eigenvalue weighted by molar-refractivity contribution is 5.75. The summed E-state index contributed by atoms with van der Waals surface area (Å²) in [6.07, 6.45) is -0.644. The quantitative estimate of drug-likeness (QED) is 0.768. The SMILES string of the molecule is C[C@@H](Oc1ccc(C=O)cc1F)C(=O)O. The second-order valence-corrected chi connectivity index (χ2v) is 2.91. The maximum atomic E-state index is 13.2. The molecule has 1 aromatic rings. The number of aliphatic carboxylic acids is 1. The summed E-state index contributed by atoms with van der Waals surface area (Å²) in [6.45, 7) is 1.29. The highest BCUT2D eigenvalue weighted by Gasteiger charge is 2.14. The van der Waals surface area contributed by atoms with Gasteiger partial charge in [-0.05, 0) is 25.1 Å². The third-order valence-electron chi connectivity index (χ3n) is 1.74. The molecule has 0 aromatic heterocycles. The van der Waals surface area contributed by atoms with Crippen LogP contribution in [0.5, 0.6) is 5.75 Å². The molecule has 1 rings (SSSR count). The Morgan fingerprint density at radius 3 is 2.73 bits per heavy atom.